The lowest BCUT2D eigenvalue weighted by molar-refractivity contribution is 0.230. The molecule has 3 heterocycles. The molecule has 0 unspecified atom stereocenters. The van der Waals surface area contributed by atoms with E-state index in [0.717, 1.165) is 30.2 Å². The van der Waals surface area contributed by atoms with E-state index in [0.29, 0.717) is 0 Å². The number of piperidine rings is 1. The Labute approximate surface area is 113 Å². The molecule has 19 heavy (non-hydrogen) atoms. The zero-order valence-electron chi connectivity index (χ0n) is 11.4. The molecule has 0 radical (unpaired) electrons. The molecule has 1 fully saturated rings. The third-order valence-corrected chi connectivity index (χ3v) is 3.69. The molecule has 0 saturated carbocycles. The third kappa shape index (κ3) is 2.87. The van der Waals surface area contributed by atoms with Crippen molar-refractivity contribution in [3.63, 3.8) is 0 Å². The van der Waals surface area contributed by atoms with E-state index >= 15 is 0 Å². The van der Waals surface area contributed by atoms with Gasteiger partial charge in [0.25, 0.3) is 0 Å². The Balaban J connectivity index is 1.67. The smallest absolute Gasteiger partial charge is 0.159 e. The molecule has 0 bridgehead atoms. The minimum Gasteiger partial charge on any atom is -0.497 e. The van der Waals surface area contributed by atoms with Crippen LogP contribution in [0.1, 0.15) is 25.1 Å². The highest BCUT2D eigenvalue weighted by Gasteiger charge is 2.11. The van der Waals surface area contributed by atoms with E-state index in [1.807, 2.05) is 22.8 Å². The number of ether oxygens (including phenoxy) is 1. The molecule has 1 aliphatic heterocycles. The van der Waals surface area contributed by atoms with Gasteiger partial charge in [0.05, 0.1) is 7.11 Å². The number of hydrogen-bond acceptors (Lipinski definition) is 4. The van der Waals surface area contributed by atoms with Gasteiger partial charge in [-0.05, 0) is 32.0 Å². The Morgan fingerprint density at radius 3 is 2.89 bits per heavy atom. The first kappa shape index (κ1) is 12.4. The fraction of sp³-hybridized carbons (Fsp3) is 0.571. The molecular weight excluding hydrogens is 240 g/mol. The molecule has 0 atom stereocenters. The van der Waals surface area contributed by atoms with Gasteiger partial charge in [0.2, 0.25) is 0 Å². The van der Waals surface area contributed by atoms with Crippen molar-refractivity contribution >= 4 is 5.65 Å². The molecule has 0 amide bonds. The van der Waals surface area contributed by atoms with E-state index in [4.69, 9.17) is 4.74 Å². The van der Waals surface area contributed by atoms with Crippen LogP contribution in [0.25, 0.3) is 5.65 Å². The van der Waals surface area contributed by atoms with Gasteiger partial charge in [0.1, 0.15) is 5.75 Å². The standard InChI is InChI=1S/C14H20N4O/c1-19-12-5-10-18-14(11-12)15-13(16-18)6-9-17-7-3-2-4-8-17/h5,10-11H,2-4,6-9H2,1H3. The number of pyridine rings is 1. The first-order chi connectivity index (χ1) is 9.35. The molecule has 0 spiro atoms. The Bertz CT molecular complexity index is 545. The van der Waals surface area contributed by atoms with Crippen LogP contribution in [0, 0.1) is 0 Å². The summed E-state index contributed by atoms with van der Waals surface area (Å²) >= 11 is 0. The van der Waals surface area contributed by atoms with Crippen molar-refractivity contribution in [2.45, 2.75) is 25.7 Å². The molecule has 1 aliphatic rings. The summed E-state index contributed by atoms with van der Waals surface area (Å²) in [5.74, 6) is 1.74. The SMILES string of the molecule is COc1ccn2nc(CCN3CCCCC3)nc2c1. The maximum Gasteiger partial charge on any atom is 0.159 e. The molecule has 0 aromatic carbocycles. The molecular formula is C14H20N4O. The van der Waals surface area contributed by atoms with Crippen molar-refractivity contribution in [1.82, 2.24) is 19.5 Å². The predicted octanol–water partition coefficient (Wildman–Crippen LogP) is 1.77. The highest BCUT2D eigenvalue weighted by Crippen LogP contribution is 2.13. The molecule has 1 saturated heterocycles. The van der Waals surface area contributed by atoms with Crippen LogP contribution >= 0.6 is 0 Å². The second-order valence-corrected chi connectivity index (χ2v) is 5.05. The molecule has 2 aromatic rings. The average molecular weight is 260 g/mol. The number of nitrogens with zero attached hydrogens (tertiary/aromatic N) is 4. The lowest BCUT2D eigenvalue weighted by Crippen LogP contribution is -2.31. The van der Waals surface area contributed by atoms with E-state index in [9.17, 15) is 0 Å². The highest BCUT2D eigenvalue weighted by molar-refractivity contribution is 5.43. The van der Waals surface area contributed by atoms with Gasteiger partial charge >= 0.3 is 0 Å². The van der Waals surface area contributed by atoms with E-state index in [-0.39, 0.29) is 0 Å². The number of aromatic nitrogens is 3. The summed E-state index contributed by atoms with van der Waals surface area (Å²) < 4.78 is 7.01. The predicted molar refractivity (Wildman–Crippen MR) is 73.5 cm³/mol. The van der Waals surface area contributed by atoms with E-state index in [2.05, 4.69) is 15.0 Å². The van der Waals surface area contributed by atoms with Crippen molar-refractivity contribution in [1.29, 1.82) is 0 Å². The zero-order chi connectivity index (χ0) is 13.1. The Morgan fingerprint density at radius 1 is 1.26 bits per heavy atom. The molecule has 5 heteroatoms. The van der Waals surface area contributed by atoms with Crippen molar-refractivity contribution in [2.24, 2.45) is 0 Å². The highest BCUT2D eigenvalue weighted by atomic mass is 16.5. The summed E-state index contributed by atoms with van der Waals surface area (Å²) in [5.41, 5.74) is 0.855. The molecule has 0 aliphatic carbocycles. The molecule has 2 aromatic heterocycles. The van der Waals surface area contributed by atoms with Crippen molar-refractivity contribution in [3.05, 3.63) is 24.2 Å². The summed E-state index contributed by atoms with van der Waals surface area (Å²) in [6.45, 7) is 3.51. The number of hydrogen-bond donors (Lipinski definition) is 0. The monoisotopic (exact) mass is 260 g/mol. The van der Waals surface area contributed by atoms with E-state index < -0.39 is 0 Å². The van der Waals surface area contributed by atoms with Crippen LogP contribution < -0.4 is 4.74 Å². The fourth-order valence-corrected chi connectivity index (χ4v) is 2.58. The normalized spacial score (nSPS) is 16.9. The summed E-state index contributed by atoms with van der Waals surface area (Å²) in [6, 6.07) is 3.81. The maximum absolute atomic E-state index is 5.20. The topological polar surface area (TPSA) is 42.7 Å². The summed E-state index contributed by atoms with van der Waals surface area (Å²) in [6.07, 6.45) is 6.85. The van der Waals surface area contributed by atoms with Crippen LogP contribution in [0.2, 0.25) is 0 Å². The fourth-order valence-electron chi connectivity index (χ4n) is 2.58. The van der Waals surface area contributed by atoms with Gasteiger partial charge in [-0.1, -0.05) is 6.42 Å². The number of methoxy groups -OCH3 is 1. The van der Waals surface area contributed by atoms with Gasteiger partial charge in [-0.15, -0.1) is 0 Å². The molecule has 102 valence electrons. The van der Waals surface area contributed by atoms with Crippen LogP contribution in [-0.4, -0.2) is 46.2 Å². The minimum atomic E-state index is 0.822. The largest absolute Gasteiger partial charge is 0.497 e. The van der Waals surface area contributed by atoms with Crippen LogP contribution in [-0.2, 0) is 6.42 Å². The Kier molecular flexibility index (Phi) is 3.64. The van der Waals surface area contributed by atoms with Gasteiger partial charge in [-0.2, -0.15) is 5.10 Å². The van der Waals surface area contributed by atoms with Gasteiger partial charge in [0.15, 0.2) is 11.5 Å². The maximum atomic E-state index is 5.20. The van der Waals surface area contributed by atoms with Crippen LogP contribution in [0.5, 0.6) is 5.75 Å². The van der Waals surface area contributed by atoms with Crippen molar-refractivity contribution < 1.29 is 4.74 Å². The summed E-state index contributed by atoms with van der Waals surface area (Å²) in [4.78, 5) is 7.06. The minimum absolute atomic E-state index is 0.822. The third-order valence-electron chi connectivity index (χ3n) is 3.69. The van der Waals surface area contributed by atoms with E-state index in [1.54, 1.807) is 7.11 Å². The number of likely N-dealkylation sites (tertiary alicyclic amines) is 1. The summed E-state index contributed by atoms with van der Waals surface area (Å²) in [5, 5.41) is 4.50. The lowest BCUT2D eigenvalue weighted by Gasteiger charge is -2.25. The van der Waals surface area contributed by atoms with Crippen LogP contribution in [0.4, 0.5) is 0 Å². The lowest BCUT2D eigenvalue weighted by atomic mass is 10.1. The zero-order valence-corrected chi connectivity index (χ0v) is 11.4. The van der Waals surface area contributed by atoms with Gasteiger partial charge in [-0.25, -0.2) is 9.50 Å². The first-order valence-corrected chi connectivity index (χ1v) is 6.97. The molecule has 5 nitrogen and oxygen atoms in total. The Hall–Kier alpha value is -1.62. The van der Waals surface area contributed by atoms with Crippen LogP contribution in [0.15, 0.2) is 18.3 Å². The second kappa shape index (κ2) is 5.57. The first-order valence-electron chi connectivity index (χ1n) is 6.97. The summed E-state index contributed by atoms with van der Waals surface area (Å²) in [7, 11) is 1.67. The average Bonchev–Trinajstić information content (AvgIpc) is 2.88. The number of rotatable bonds is 4. The molecule has 0 N–H and O–H groups in total. The van der Waals surface area contributed by atoms with Gasteiger partial charge < -0.3 is 9.64 Å². The van der Waals surface area contributed by atoms with Crippen LogP contribution in [0.3, 0.4) is 0 Å². The van der Waals surface area contributed by atoms with Gasteiger partial charge in [0, 0.05) is 25.2 Å². The second-order valence-electron chi connectivity index (χ2n) is 5.05. The van der Waals surface area contributed by atoms with Gasteiger partial charge in [-0.3, -0.25) is 0 Å². The van der Waals surface area contributed by atoms with E-state index in [1.165, 1.54) is 32.4 Å². The van der Waals surface area contributed by atoms with Crippen molar-refractivity contribution in [2.75, 3.05) is 26.7 Å². The number of fused-ring (bicyclic) bond motifs is 1. The molecule has 3 rings (SSSR count). The van der Waals surface area contributed by atoms with Crippen molar-refractivity contribution in [3.8, 4) is 5.75 Å². The quantitative estimate of drug-likeness (QED) is 0.840. The Morgan fingerprint density at radius 2 is 2.11 bits per heavy atom.